The van der Waals surface area contributed by atoms with E-state index in [1.165, 1.54) is 19.3 Å². The van der Waals surface area contributed by atoms with E-state index < -0.39 is 5.97 Å². The minimum Gasteiger partial charge on any atom is -0.481 e. The molecule has 3 heteroatoms. The third kappa shape index (κ3) is 1.48. The topological polar surface area (TPSA) is 63.3 Å². The highest BCUT2D eigenvalue weighted by Crippen LogP contribution is 2.65. The zero-order valence-electron chi connectivity index (χ0n) is 9.74. The average Bonchev–Trinajstić information content (AvgIpc) is 2.13. The first kappa shape index (κ1) is 10.6. The molecule has 0 aromatic rings. The molecule has 16 heavy (non-hydrogen) atoms. The third-order valence-corrected chi connectivity index (χ3v) is 5.26. The zero-order chi connectivity index (χ0) is 11.4. The van der Waals surface area contributed by atoms with Crippen LogP contribution in [0.4, 0.5) is 0 Å². The van der Waals surface area contributed by atoms with E-state index in [4.69, 9.17) is 10.8 Å². The van der Waals surface area contributed by atoms with Crippen molar-refractivity contribution in [3.8, 4) is 0 Å². The van der Waals surface area contributed by atoms with E-state index in [1.54, 1.807) is 0 Å². The lowest BCUT2D eigenvalue weighted by Gasteiger charge is -2.62. The first-order valence-electron chi connectivity index (χ1n) is 6.47. The summed E-state index contributed by atoms with van der Waals surface area (Å²) in [6, 6.07) is 0. The molecule has 0 aromatic carbocycles. The van der Waals surface area contributed by atoms with Crippen molar-refractivity contribution in [1.82, 2.24) is 0 Å². The molecular formula is C13H21NO2. The van der Waals surface area contributed by atoms with Crippen molar-refractivity contribution in [2.24, 2.45) is 28.4 Å². The molecule has 4 bridgehead atoms. The van der Waals surface area contributed by atoms with Gasteiger partial charge in [0.15, 0.2) is 0 Å². The van der Waals surface area contributed by atoms with E-state index in [0.29, 0.717) is 11.8 Å². The van der Waals surface area contributed by atoms with E-state index in [-0.39, 0.29) is 5.41 Å². The van der Waals surface area contributed by atoms with Crippen molar-refractivity contribution in [2.45, 2.75) is 44.9 Å². The third-order valence-electron chi connectivity index (χ3n) is 5.26. The van der Waals surface area contributed by atoms with Gasteiger partial charge in [-0.05, 0) is 67.7 Å². The van der Waals surface area contributed by atoms with Gasteiger partial charge >= 0.3 is 5.97 Å². The molecule has 0 radical (unpaired) electrons. The van der Waals surface area contributed by atoms with Crippen LogP contribution in [-0.4, -0.2) is 17.6 Å². The Balaban J connectivity index is 1.89. The van der Waals surface area contributed by atoms with Crippen LogP contribution in [0.2, 0.25) is 0 Å². The van der Waals surface area contributed by atoms with E-state index in [0.717, 1.165) is 37.6 Å². The van der Waals surface area contributed by atoms with Gasteiger partial charge in [0, 0.05) is 0 Å². The molecule has 3 nitrogen and oxygen atoms in total. The minimum atomic E-state index is -0.617. The van der Waals surface area contributed by atoms with Crippen molar-refractivity contribution < 1.29 is 9.90 Å². The first-order valence-corrected chi connectivity index (χ1v) is 6.47. The SMILES string of the molecule is NCC12C[C@H]3C[C@H](C1)CC(CC(=O)O)(C3)C2. The number of carbonyl (C=O) groups is 1. The lowest BCUT2D eigenvalue weighted by molar-refractivity contribution is -0.151. The van der Waals surface area contributed by atoms with Gasteiger partial charge < -0.3 is 10.8 Å². The molecule has 0 aromatic heterocycles. The molecular weight excluding hydrogens is 202 g/mol. The van der Waals surface area contributed by atoms with Gasteiger partial charge in [-0.1, -0.05) is 0 Å². The Morgan fingerprint density at radius 3 is 2.25 bits per heavy atom. The summed E-state index contributed by atoms with van der Waals surface area (Å²) < 4.78 is 0. The predicted octanol–water partition coefficient (Wildman–Crippen LogP) is 2.01. The molecule has 90 valence electrons. The highest BCUT2D eigenvalue weighted by Gasteiger charge is 2.57. The Kier molecular flexibility index (Phi) is 2.13. The first-order chi connectivity index (χ1) is 7.55. The largest absolute Gasteiger partial charge is 0.481 e. The molecule has 3 N–H and O–H groups in total. The second-order valence-electron chi connectivity index (χ2n) is 6.74. The van der Waals surface area contributed by atoms with E-state index >= 15 is 0 Å². The molecule has 4 aliphatic rings. The van der Waals surface area contributed by atoms with Crippen molar-refractivity contribution in [2.75, 3.05) is 6.54 Å². The molecule has 4 aliphatic carbocycles. The summed E-state index contributed by atoms with van der Waals surface area (Å²) in [5, 5.41) is 9.10. The molecule has 4 saturated carbocycles. The second kappa shape index (κ2) is 3.22. The quantitative estimate of drug-likeness (QED) is 0.769. The smallest absolute Gasteiger partial charge is 0.303 e. The van der Waals surface area contributed by atoms with Crippen LogP contribution in [0.15, 0.2) is 0 Å². The molecule has 4 rings (SSSR count). The van der Waals surface area contributed by atoms with Gasteiger partial charge in [-0.15, -0.1) is 0 Å². The van der Waals surface area contributed by atoms with E-state index in [9.17, 15) is 4.79 Å². The fourth-order valence-corrected chi connectivity index (χ4v) is 5.42. The lowest BCUT2D eigenvalue weighted by Crippen LogP contribution is -2.55. The fraction of sp³-hybridized carbons (Fsp3) is 0.923. The summed E-state index contributed by atoms with van der Waals surface area (Å²) in [5.41, 5.74) is 6.38. The van der Waals surface area contributed by atoms with Gasteiger partial charge in [0.2, 0.25) is 0 Å². The predicted molar refractivity (Wildman–Crippen MR) is 60.9 cm³/mol. The standard InChI is InChI=1S/C13H21NO2/c14-8-13-4-9-1-10(5-13)3-12(2-9,7-13)6-11(15)16/h9-10H,1-8,14H2,(H,15,16)/t9-,10-,12?,13?/m0/s1. The Morgan fingerprint density at radius 1 is 1.19 bits per heavy atom. The number of nitrogens with two attached hydrogens (primary N) is 1. The monoisotopic (exact) mass is 223 g/mol. The molecule has 2 atom stereocenters. The van der Waals surface area contributed by atoms with E-state index in [1.807, 2.05) is 0 Å². The summed E-state index contributed by atoms with van der Waals surface area (Å²) in [6.45, 7) is 0.765. The number of hydrogen-bond acceptors (Lipinski definition) is 2. The maximum atomic E-state index is 11.0. The Morgan fingerprint density at radius 2 is 1.75 bits per heavy atom. The number of carboxylic acid groups (broad SMARTS) is 1. The summed E-state index contributed by atoms with van der Waals surface area (Å²) in [4.78, 5) is 11.0. The van der Waals surface area contributed by atoms with Gasteiger partial charge in [-0.25, -0.2) is 0 Å². The highest BCUT2D eigenvalue weighted by atomic mass is 16.4. The molecule has 0 unspecified atom stereocenters. The Hall–Kier alpha value is -0.570. The molecule has 0 aliphatic heterocycles. The number of carboxylic acids is 1. The Bertz CT molecular complexity index is 312. The van der Waals surface area contributed by atoms with Crippen LogP contribution in [0, 0.1) is 22.7 Å². The van der Waals surface area contributed by atoms with Crippen LogP contribution >= 0.6 is 0 Å². The molecule has 0 amide bonds. The maximum Gasteiger partial charge on any atom is 0.303 e. The van der Waals surface area contributed by atoms with Crippen LogP contribution in [-0.2, 0) is 4.79 Å². The van der Waals surface area contributed by atoms with Crippen molar-refractivity contribution in [3.05, 3.63) is 0 Å². The van der Waals surface area contributed by atoms with Gasteiger partial charge in [-0.3, -0.25) is 4.79 Å². The molecule has 0 saturated heterocycles. The lowest BCUT2D eigenvalue weighted by atomic mass is 9.43. The number of aliphatic carboxylic acids is 1. The van der Waals surface area contributed by atoms with Crippen molar-refractivity contribution >= 4 is 5.97 Å². The van der Waals surface area contributed by atoms with Crippen molar-refractivity contribution in [1.29, 1.82) is 0 Å². The van der Waals surface area contributed by atoms with Gasteiger partial charge in [-0.2, -0.15) is 0 Å². The maximum absolute atomic E-state index is 11.0. The van der Waals surface area contributed by atoms with Crippen molar-refractivity contribution in [3.63, 3.8) is 0 Å². The summed E-state index contributed by atoms with van der Waals surface area (Å²) in [7, 11) is 0. The molecule has 0 spiro atoms. The van der Waals surface area contributed by atoms with Gasteiger partial charge in [0.05, 0.1) is 6.42 Å². The normalized spacial score (nSPS) is 49.6. The van der Waals surface area contributed by atoms with E-state index in [2.05, 4.69) is 0 Å². The second-order valence-corrected chi connectivity index (χ2v) is 6.74. The van der Waals surface area contributed by atoms with Crippen LogP contribution in [0.25, 0.3) is 0 Å². The average molecular weight is 223 g/mol. The zero-order valence-corrected chi connectivity index (χ0v) is 9.74. The summed E-state index contributed by atoms with van der Waals surface area (Å²) >= 11 is 0. The minimum absolute atomic E-state index is 0.106. The number of rotatable bonds is 3. The molecule has 0 heterocycles. The molecule has 4 fully saturated rings. The van der Waals surface area contributed by atoms with Crippen LogP contribution in [0.5, 0.6) is 0 Å². The highest BCUT2D eigenvalue weighted by molar-refractivity contribution is 5.67. The van der Waals surface area contributed by atoms with Crippen LogP contribution in [0.3, 0.4) is 0 Å². The van der Waals surface area contributed by atoms with Crippen LogP contribution < -0.4 is 5.73 Å². The fourth-order valence-electron chi connectivity index (χ4n) is 5.42. The number of hydrogen-bond donors (Lipinski definition) is 2. The van der Waals surface area contributed by atoms with Gasteiger partial charge in [0.1, 0.15) is 0 Å². The summed E-state index contributed by atoms with van der Waals surface area (Å²) in [6.07, 6.45) is 7.62. The van der Waals surface area contributed by atoms with Gasteiger partial charge in [0.25, 0.3) is 0 Å². The Labute approximate surface area is 96.4 Å². The van der Waals surface area contributed by atoms with Crippen LogP contribution in [0.1, 0.15) is 44.9 Å². The summed E-state index contributed by atoms with van der Waals surface area (Å²) in [5.74, 6) is 0.919.